The van der Waals surface area contributed by atoms with Gasteiger partial charge in [0.15, 0.2) is 0 Å². The van der Waals surface area contributed by atoms with E-state index < -0.39 is 0 Å². The number of rotatable bonds is 3. The van der Waals surface area contributed by atoms with Crippen molar-refractivity contribution in [3.8, 4) is 0 Å². The van der Waals surface area contributed by atoms with E-state index in [4.69, 9.17) is 23.2 Å². The summed E-state index contributed by atoms with van der Waals surface area (Å²) >= 11 is 13.2. The van der Waals surface area contributed by atoms with Crippen LogP contribution in [0.5, 0.6) is 0 Å². The molecule has 1 aliphatic heterocycles. The summed E-state index contributed by atoms with van der Waals surface area (Å²) in [5, 5.41) is 6.59. The Bertz CT molecular complexity index is 296. The van der Waals surface area contributed by atoms with Crippen LogP contribution in [0.2, 0.25) is 8.67 Å². The van der Waals surface area contributed by atoms with E-state index in [1.807, 2.05) is 6.07 Å². The first-order valence-electron chi connectivity index (χ1n) is 4.13. The maximum Gasteiger partial charge on any atom is 0.0989 e. The van der Waals surface area contributed by atoms with E-state index in [2.05, 4.69) is 10.6 Å². The highest BCUT2D eigenvalue weighted by Crippen LogP contribution is 2.30. The Balaban J connectivity index is 1.89. The Morgan fingerprint density at radius 3 is 2.77 bits per heavy atom. The first kappa shape index (κ1) is 9.74. The topological polar surface area (TPSA) is 24.1 Å². The summed E-state index contributed by atoms with van der Waals surface area (Å²) in [4.78, 5) is 0. The molecule has 2 heterocycles. The van der Waals surface area contributed by atoms with Crippen LogP contribution in [0.4, 0.5) is 0 Å². The molecule has 1 saturated heterocycles. The van der Waals surface area contributed by atoms with Crippen LogP contribution < -0.4 is 10.6 Å². The second kappa shape index (κ2) is 4.15. The summed E-state index contributed by atoms with van der Waals surface area (Å²) in [6.07, 6.45) is 0. The molecule has 0 amide bonds. The lowest BCUT2D eigenvalue weighted by molar-refractivity contribution is 0.365. The third-order valence-corrected chi connectivity index (χ3v) is 3.66. The van der Waals surface area contributed by atoms with Crippen molar-refractivity contribution in [1.82, 2.24) is 10.6 Å². The zero-order chi connectivity index (χ0) is 9.26. The van der Waals surface area contributed by atoms with Crippen LogP contribution in [0.3, 0.4) is 0 Å². The monoisotopic (exact) mass is 236 g/mol. The SMILES string of the molecule is Clc1cc(CNC2CNC2)c(Cl)s1. The van der Waals surface area contributed by atoms with E-state index in [9.17, 15) is 0 Å². The molecule has 13 heavy (non-hydrogen) atoms. The minimum absolute atomic E-state index is 0.592. The van der Waals surface area contributed by atoms with Crippen LogP contribution in [-0.4, -0.2) is 19.1 Å². The largest absolute Gasteiger partial charge is 0.314 e. The summed E-state index contributed by atoms with van der Waals surface area (Å²) in [5.74, 6) is 0. The highest BCUT2D eigenvalue weighted by atomic mass is 35.5. The van der Waals surface area contributed by atoms with Crippen molar-refractivity contribution >= 4 is 34.5 Å². The van der Waals surface area contributed by atoms with Crippen molar-refractivity contribution < 1.29 is 0 Å². The number of hydrogen-bond acceptors (Lipinski definition) is 3. The summed E-state index contributed by atoms with van der Waals surface area (Å²) in [6, 6.07) is 2.52. The van der Waals surface area contributed by atoms with Gasteiger partial charge in [-0.2, -0.15) is 0 Å². The van der Waals surface area contributed by atoms with Crippen LogP contribution in [0.15, 0.2) is 6.07 Å². The number of thiophene rings is 1. The number of hydrogen-bond donors (Lipinski definition) is 2. The predicted molar refractivity (Wildman–Crippen MR) is 57.8 cm³/mol. The Morgan fingerprint density at radius 2 is 2.31 bits per heavy atom. The molecule has 0 aliphatic carbocycles. The predicted octanol–water partition coefficient (Wildman–Crippen LogP) is 2.12. The molecule has 0 radical (unpaired) electrons. The average Bonchev–Trinajstić information content (AvgIpc) is 2.27. The molecular formula is C8H10Cl2N2S. The Hall–Kier alpha value is 0.200. The smallest absolute Gasteiger partial charge is 0.0989 e. The van der Waals surface area contributed by atoms with Gasteiger partial charge in [0.2, 0.25) is 0 Å². The summed E-state index contributed by atoms with van der Waals surface area (Å²) in [7, 11) is 0. The first-order valence-corrected chi connectivity index (χ1v) is 5.71. The molecule has 0 spiro atoms. The Morgan fingerprint density at radius 1 is 1.54 bits per heavy atom. The fourth-order valence-corrected chi connectivity index (χ4v) is 2.67. The minimum atomic E-state index is 0.592. The fraction of sp³-hybridized carbons (Fsp3) is 0.500. The average molecular weight is 237 g/mol. The van der Waals surface area contributed by atoms with Gasteiger partial charge in [0.1, 0.15) is 0 Å². The molecule has 1 fully saturated rings. The van der Waals surface area contributed by atoms with Crippen molar-refractivity contribution in [2.75, 3.05) is 13.1 Å². The number of halogens is 2. The molecule has 5 heteroatoms. The van der Waals surface area contributed by atoms with Crippen LogP contribution in [0.25, 0.3) is 0 Å². The van der Waals surface area contributed by atoms with E-state index in [0.717, 1.165) is 33.9 Å². The lowest BCUT2D eigenvalue weighted by atomic mass is 10.2. The van der Waals surface area contributed by atoms with Crippen molar-refractivity contribution in [3.63, 3.8) is 0 Å². The van der Waals surface area contributed by atoms with Crippen molar-refractivity contribution in [2.24, 2.45) is 0 Å². The number of nitrogens with one attached hydrogen (secondary N) is 2. The molecule has 1 aromatic heterocycles. The van der Waals surface area contributed by atoms with Gasteiger partial charge in [0, 0.05) is 25.7 Å². The lowest BCUT2D eigenvalue weighted by Crippen LogP contribution is -2.54. The standard InChI is InChI=1S/C8H10Cl2N2S/c9-7-1-5(8(10)13-7)2-12-6-3-11-4-6/h1,6,11-12H,2-4H2. The van der Waals surface area contributed by atoms with E-state index in [1.54, 1.807) is 0 Å². The van der Waals surface area contributed by atoms with E-state index >= 15 is 0 Å². The van der Waals surface area contributed by atoms with Gasteiger partial charge < -0.3 is 10.6 Å². The van der Waals surface area contributed by atoms with E-state index in [-0.39, 0.29) is 0 Å². The van der Waals surface area contributed by atoms with E-state index in [1.165, 1.54) is 11.3 Å². The molecule has 1 aliphatic rings. The molecule has 0 saturated carbocycles. The maximum absolute atomic E-state index is 5.97. The van der Waals surface area contributed by atoms with Gasteiger partial charge in [-0.05, 0) is 11.6 Å². The lowest BCUT2D eigenvalue weighted by Gasteiger charge is -2.28. The molecule has 0 aromatic carbocycles. The molecular weight excluding hydrogens is 227 g/mol. The first-order chi connectivity index (χ1) is 6.25. The maximum atomic E-state index is 5.97. The third-order valence-electron chi connectivity index (χ3n) is 2.09. The summed E-state index contributed by atoms with van der Waals surface area (Å²) in [6.45, 7) is 2.92. The van der Waals surface area contributed by atoms with Crippen LogP contribution in [-0.2, 0) is 6.54 Å². The van der Waals surface area contributed by atoms with Gasteiger partial charge in [-0.25, -0.2) is 0 Å². The quantitative estimate of drug-likeness (QED) is 0.841. The molecule has 2 rings (SSSR count). The molecule has 1 aromatic rings. The summed E-state index contributed by atoms with van der Waals surface area (Å²) < 4.78 is 1.55. The van der Waals surface area contributed by atoms with Crippen LogP contribution in [0, 0.1) is 0 Å². The second-order valence-electron chi connectivity index (χ2n) is 3.09. The van der Waals surface area contributed by atoms with Gasteiger partial charge in [-0.1, -0.05) is 23.2 Å². The molecule has 72 valence electrons. The van der Waals surface area contributed by atoms with Gasteiger partial charge in [0.05, 0.1) is 8.67 Å². The normalized spacial score (nSPS) is 17.4. The van der Waals surface area contributed by atoms with Gasteiger partial charge in [-0.3, -0.25) is 0 Å². The Kier molecular flexibility index (Phi) is 3.11. The molecule has 2 nitrogen and oxygen atoms in total. The highest BCUT2D eigenvalue weighted by Gasteiger charge is 2.16. The minimum Gasteiger partial charge on any atom is -0.314 e. The fourth-order valence-electron chi connectivity index (χ4n) is 1.18. The van der Waals surface area contributed by atoms with E-state index in [0.29, 0.717) is 6.04 Å². The van der Waals surface area contributed by atoms with Gasteiger partial charge in [0.25, 0.3) is 0 Å². The molecule has 0 unspecified atom stereocenters. The molecule has 2 N–H and O–H groups in total. The van der Waals surface area contributed by atoms with Crippen LogP contribution in [0.1, 0.15) is 5.56 Å². The molecule has 0 atom stereocenters. The highest BCUT2D eigenvalue weighted by molar-refractivity contribution is 7.20. The van der Waals surface area contributed by atoms with Gasteiger partial charge in [-0.15, -0.1) is 11.3 Å². The van der Waals surface area contributed by atoms with Crippen molar-refractivity contribution in [3.05, 3.63) is 20.3 Å². The van der Waals surface area contributed by atoms with Gasteiger partial charge >= 0.3 is 0 Å². The van der Waals surface area contributed by atoms with Crippen molar-refractivity contribution in [1.29, 1.82) is 0 Å². The molecule has 0 bridgehead atoms. The van der Waals surface area contributed by atoms with Crippen molar-refractivity contribution in [2.45, 2.75) is 12.6 Å². The van der Waals surface area contributed by atoms with Crippen LogP contribution >= 0.6 is 34.5 Å². The summed E-state index contributed by atoms with van der Waals surface area (Å²) in [5.41, 5.74) is 1.10. The zero-order valence-electron chi connectivity index (χ0n) is 6.94. The zero-order valence-corrected chi connectivity index (χ0v) is 9.27. The second-order valence-corrected chi connectivity index (χ2v) is 5.37. The third kappa shape index (κ3) is 2.36. The Labute approximate surface area is 91.2 Å².